The van der Waals surface area contributed by atoms with Crippen LogP contribution in [-0.4, -0.2) is 29.2 Å². The SMILES string of the molecule is O=[N+]([O-])c1ccc(/N=N/c2ccc(OCC3CO3)cn2)cc1. The lowest BCUT2D eigenvalue weighted by atomic mass is 10.3. The molecule has 1 aromatic carbocycles. The molecule has 8 heteroatoms. The number of aromatic nitrogens is 1. The quantitative estimate of drug-likeness (QED) is 0.353. The summed E-state index contributed by atoms with van der Waals surface area (Å²) in [5, 5.41) is 18.5. The van der Waals surface area contributed by atoms with Gasteiger partial charge in [-0.25, -0.2) is 4.98 Å². The Labute approximate surface area is 125 Å². The predicted molar refractivity (Wildman–Crippen MR) is 76.7 cm³/mol. The number of azo groups is 1. The molecular formula is C14H12N4O4. The molecular weight excluding hydrogens is 288 g/mol. The van der Waals surface area contributed by atoms with Crippen molar-refractivity contribution >= 4 is 17.2 Å². The van der Waals surface area contributed by atoms with Gasteiger partial charge in [-0.1, -0.05) is 0 Å². The highest BCUT2D eigenvalue weighted by Crippen LogP contribution is 2.21. The van der Waals surface area contributed by atoms with E-state index >= 15 is 0 Å². The molecule has 1 aliphatic rings. The van der Waals surface area contributed by atoms with Gasteiger partial charge in [-0.2, -0.15) is 0 Å². The number of pyridine rings is 1. The Balaban J connectivity index is 1.60. The highest BCUT2D eigenvalue weighted by atomic mass is 16.6. The first-order valence-corrected chi connectivity index (χ1v) is 6.57. The number of non-ortho nitro benzene ring substituents is 1. The van der Waals surface area contributed by atoms with Gasteiger partial charge in [-0.05, 0) is 24.3 Å². The zero-order chi connectivity index (χ0) is 15.4. The lowest BCUT2D eigenvalue weighted by Gasteiger charge is -2.02. The Kier molecular flexibility index (Phi) is 4.01. The molecule has 0 amide bonds. The van der Waals surface area contributed by atoms with Crippen LogP contribution in [0.4, 0.5) is 17.2 Å². The summed E-state index contributed by atoms with van der Waals surface area (Å²) in [6.45, 7) is 1.26. The summed E-state index contributed by atoms with van der Waals surface area (Å²) in [6.07, 6.45) is 1.76. The van der Waals surface area contributed by atoms with Crippen LogP contribution in [-0.2, 0) is 4.74 Å². The minimum atomic E-state index is -0.464. The van der Waals surface area contributed by atoms with Gasteiger partial charge in [0.1, 0.15) is 18.5 Å². The zero-order valence-electron chi connectivity index (χ0n) is 11.5. The van der Waals surface area contributed by atoms with Gasteiger partial charge in [-0.3, -0.25) is 10.1 Å². The molecule has 2 heterocycles. The molecule has 2 aromatic rings. The molecule has 3 rings (SSSR count). The summed E-state index contributed by atoms with van der Waals surface area (Å²) in [4.78, 5) is 14.2. The van der Waals surface area contributed by atoms with Crippen molar-refractivity contribution < 1.29 is 14.4 Å². The maximum atomic E-state index is 10.5. The van der Waals surface area contributed by atoms with E-state index in [1.807, 2.05) is 0 Å². The van der Waals surface area contributed by atoms with E-state index in [0.29, 0.717) is 23.9 Å². The van der Waals surface area contributed by atoms with Gasteiger partial charge in [0.05, 0.1) is 23.4 Å². The van der Waals surface area contributed by atoms with Crippen molar-refractivity contribution in [3.63, 3.8) is 0 Å². The Hall–Kier alpha value is -2.87. The number of ether oxygens (including phenoxy) is 2. The number of nitro benzene ring substituents is 1. The molecule has 0 aliphatic carbocycles. The number of hydrogen-bond acceptors (Lipinski definition) is 7. The fraction of sp³-hybridized carbons (Fsp3) is 0.214. The van der Waals surface area contributed by atoms with E-state index in [2.05, 4.69) is 15.2 Å². The number of benzene rings is 1. The smallest absolute Gasteiger partial charge is 0.269 e. The Bertz CT molecular complexity index is 681. The summed E-state index contributed by atoms with van der Waals surface area (Å²) in [6, 6.07) is 9.22. The molecule has 0 radical (unpaired) electrons. The minimum Gasteiger partial charge on any atom is -0.489 e. The maximum absolute atomic E-state index is 10.5. The summed E-state index contributed by atoms with van der Waals surface area (Å²) in [5.74, 6) is 1.07. The highest BCUT2D eigenvalue weighted by Gasteiger charge is 2.22. The fourth-order valence-electron chi connectivity index (χ4n) is 1.62. The fourth-order valence-corrected chi connectivity index (χ4v) is 1.62. The van der Waals surface area contributed by atoms with Crippen LogP contribution in [0.3, 0.4) is 0 Å². The standard InChI is InChI=1S/C14H12N4O4/c19-18(20)11-3-1-10(2-4-11)16-17-14-6-5-12(7-15-14)21-8-13-9-22-13/h1-7,13H,8-9H2/b17-16+. The van der Waals surface area contributed by atoms with E-state index in [1.54, 1.807) is 18.3 Å². The number of nitro groups is 1. The van der Waals surface area contributed by atoms with Crippen molar-refractivity contribution in [1.82, 2.24) is 4.98 Å². The van der Waals surface area contributed by atoms with E-state index in [9.17, 15) is 10.1 Å². The third-order valence-electron chi connectivity index (χ3n) is 2.89. The summed E-state index contributed by atoms with van der Waals surface area (Å²) < 4.78 is 10.5. The van der Waals surface area contributed by atoms with Crippen LogP contribution in [0.2, 0.25) is 0 Å². The number of hydrogen-bond donors (Lipinski definition) is 0. The molecule has 1 aliphatic heterocycles. The van der Waals surface area contributed by atoms with E-state index in [0.717, 1.165) is 6.61 Å². The van der Waals surface area contributed by atoms with Gasteiger partial charge in [0.15, 0.2) is 5.82 Å². The second-order valence-corrected chi connectivity index (χ2v) is 4.59. The van der Waals surface area contributed by atoms with Gasteiger partial charge in [0.2, 0.25) is 0 Å². The first-order valence-electron chi connectivity index (χ1n) is 6.57. The van der Waals surface area contributed by atoms with Gasteiger partial charge in [-0.15, -0.1) is 10.2 Å². The molecule has 0 spiro atoms. The number of rotatable bonds is 6. The van der Waals surface area contributed by atoms with Crippen molar-refractivity contribution in [1.29, 1.82) is 0 Å². The summed E-state index contributed by atoms with van der Waals surface area (Å²) in [5.41, 5.74) is 0.525. The normalized spacial score (nSPS) is 16.6. The van der Waals surface area contributed by atoms with Crippen molar-refractivity contribution in [2.45, 2.75) is 6.10 Å². The van der Waals surface area contributed by atoms with Gasteiger partial charge in [0, 0.05) is 12.1 Å². The average molecular weight is 300 g/mol. The molecule has 1 atom stereocenters. The summed E-state index contributed by atoms with van der Waals surface area (Å²) in [7, 11) is 0. The van der Waals surface area contributed by atoms with Gasteiger partial charge in [0.25, 0.3) is 5.69 Å². The number of epoxide rings is 1. The maximum Gasteiger partial charge on any atom is 0.269 e. The van der Waals surface area contributed by atoms with Crippen LogP contribution in [0.25, 0.3) is 0 Å². The number of nitrogens with zero attached hydrogens (tertiary/aromatic N) is 4. The monoisotopic (exact) mass is 300 g/mol. The molecule has 1 aromatic heterocycles. The second kappa shape index (κ2) is 6.27. The van der Waals surface area contributed by atoms with E-state index in [4.69, 9.17) is 9.47 Å². The first kappa shape index (κ1) is 14.1. The van der Waals surface area contributed by atoms with E-state index in [1.165, 1.54) is 24.3 Å². The van der Waals surface area contributed by atoms with Crippen molar-refractivity contribution in [3.05, 3.63) is 52.7 Å². The van der Waals surface area contributed by atoms with Crippen LogP contribution in [0.1, 0.15) is 0 Å². The molecule has 0 saturated carbocycles. The molecule has 0 bridgehead atoms. The van der Waals surface area contributed by atoms with Crippen LogP contribution >= 0.6 is 0 Å². The topological polar surface area (TPSA) is 103 Å². The van der Waals surface area contributed by atoms with E-state index in [-0.39, 0.29) is 11.8 Å². The highest BCUT2D eigenvalue weighted by molar-refractivity contribution is 5.44. The predicted octanol–water partition coefficient (Wildman–Crippen LogP) is 3.18. The molecule has 1 saturated heterocycles. The Morgan fingerprint density at radius 3 is 2.64 bits per heavy atom. The van der Waals surface area contributed by atoms with Crippen molar-refractivity contribution in [2.24, 2.45) is 10.2 Å². The Morgan fingerprint density at radius 1 is 1.27 bits per heavy atom. The van der Waals surface area contributed by atoms with Crippen LogP contribution in [0, 0.1) is 10.1 Å². The minimum absolute atomic E-state index is 0.0122. The summed E-state index contributed by atoms with van der Waals surface area (Å²) >= 11 is 0. The molecule has 1 unspecified atom stereocenters. The van der Waals surface area contributed by atoms with Crippen LogP contribution in [0.5, 0.6) is 5.75 Å². The Morgan fingerprint density at radius 2 is 2.05 bits per heavy atom. The van der Waals surface area contributed by atoms with Crippen molar-refractivity contribution in [3.8, 4) is 5.75 Å². The lowest BCUT2D eigenvalue weighted by Crippen LogP contribution is -2.03. The van der Waals surface area contributed by atoms with Crippen molar-refractivity contribution in [2.75, 3.05) is 13.2 Å². The molecule has 22 heavy (non-hydrogen) atoms. The van der Waals surface area contributed by atoms with E-state index < -0.39 is 4.92 Å². The van der Waals surface area contributed by atoms with Gasteiger partial charge >= 0.3 is 0 Å². The van der Waals surface area contributed by atoms with Gasteiger partial charge < -0.3 is 9.47 Å². The molecule has 8 nitrogen and oxygen atoms in total. The molecule has 1 fully saturated rings. The largest absolute Gasteiger partial charge is 0.489 e. The first-order chi connectivity index (χ1) is 10.7. The van der Waals surface area contributed by atoms with Crippen LogP contribution < -0.4 is 4.74 Å². The average Bonchev–Trinajstić information content (AvgIpc) is 3.36. The van der Waals surface area contributed by atoms with Crippen LogP contribution in [0.15, 0.2) is 52.8 Å². The molecule has 0 N–H and O–H groups in total. The third kappa shape index (κ3) is 3.83. The second-order valence-electron chi connectivity index (χ2n) is 4.59. The zero-order valence-corrected chi connectivity index (χ0v) is 11.5. The third-order valence-corrected chi connectivity index (χ3v) is 2.89. The molecule has 112 valence electrons. The lowest BCUT2D eigenvalue weighted by molar-refractivity contribution is -0.384.